The Morgan fingerprint density at radius 1 is 1.28 bits per heavy atom. The summed E-state index contributed by atoms with van der Waals surface area (Å²) >= 11 is 0. The molecule has 1 amide bonds. The summed E-state index contributed by atoms with van der Waals surface area (Å²) in [5.74, 6) is -2.85. The lowest BCUT2D eigenvalue weighted by Crippen LogP contribution is -2.55. The molecule has 6 nitrogen and oxygen atoms in total. The molecule has 10 heteroatoms. The lowest BCUT2D eigenvalue weighted by atomic mass is 9.85. The van der Waals surface area contributed by atoms with Gasteiger partial charge in [0.1, 0.15) is 5.82 Å². The molecule has 156 valence electrons. The minimum atomic E-state index is -5.03. The van der Waals surface area contributed by atoms with Crippen LogP contribution in [-0.4, -0.2) is 40.8 Å². The van der Waals surface area contributed by atoms with E-state index in [-0.39, 0.29) is 17.9 Å². The zero-order valence-electron chi connectivity index (χ0n) is 15.6. The number of hydrogen-bond donors (Lipinski definition) is 1. The lowest BCUT2D eigenvalue weighted by molar-refractivity contribution is -0.174. The zero-order chi connectivity index (χ0) is 21.2. The van der Waals surface area contributed by atoms with Gasteiger partial charge in [0.25, 0.3) is 5.56 Å². The molecular formula is C19H20F4N4O2. The standard InChI is InChI=1S/C19H20F4N4O2/c1-2-26-10-8-24-16(17(26)28)27-9-7-14(12-3-5-13(20)6-4-12)15(11-27)25-18(29)19(21,22)23/h3-6,8,10,14-15H,2,7,9,11H2,1H3,(H,25,29). The van der Waals surface area contributed by atoms with Crippen LogP contribution in [0.5, 0.6) is 0 Å². The Morgan fingerprint density at radius 3 is 2.59 bits per heavy atom. The van der Waals surface area contributed by atoms with Gasteiger partial charge in [-0.05, 0) is 31.0 Å². The van der Waals surface area contributed by atoms with Gasteiger partial charge in [-0.25, -0.2) is 9.37 Å². The van der Waals surface area contributed by atoms with Crippen LogP contribution in [0.2, 0.25) is 0 Å². The highest BCUT2D eigenvalue weighted by Crippen LogP contribution is 2.30. The van der Waals surface area contributed by atoms with E-state index in [0.29, 0.717) is 25.1 Å². The van der Waals surface area contributed by atoms with Crippen molar-refractivity contribution in [3.63, 3.8) is 0 Å². The number of carbonyl (C=O) groups is 1. The summed E-state index contributed by atoms with van der Waals surface area (Å²) in [6, 6.07) is 4.51. The first kappa shape index (κ1) is 20.8. The zero-order valence-corrected chi connectivity index (χ0v) is 15.6. The predicted molar refractivity (Wildman–Crippen MR) is 98.1 cm³/mol. The second-order valence-electron chi connectivity index (χ2n) is 6.81. The molecule has 2 heterocycles. The van der Waals surface area contributed by atoms with Gasteiger partial charge in [-0.1, -0.05) is 12.1 Å². The second-order valence-corrected chi connectivity index (χ2v) is 6.81. The average molecular weight is 412 g/mol. The maximum absolute atomic E-state index is 13.2. The Morgan fingerprint density at radius 2 is 1.97 bits per heavy atom. The Labute approximate surface area is 164 Å². The molecule has 2 aromatic rings. The summed E-state index contributed by atoms with van der Waals surface area (Å²) < 4.78 is 53.2. The van der Waals surface area contributed by atoms with E-state index in [1.807, 2.05) is 5.32 Å². The summed E-state index contributed by atoms with van der Waals surface area (Å²) in [5, 5.41) is 2.03. The van der Waals surface area contributed by atoms with E-state index in [1.165, 1.54) is 41.2 Å². The average Bonchev–Trinajstić information content (AvgIpc) is 2.68. The number of nitrogens with zero attached hydrogens (tertiary/aromatic N) is 3. The van der Waals surface area contributed by atoms with Crippen LogP contribution >= 0.6 is 0 Å². The molecular weight excluding hydrogens is 392 g/mol. The van der Waals surface area contributed by atoms with Gasteiger partial charge in [0.2, 0.25) is 0 Å². The van der Waals surface area contributed by atoms with E-state index in [4.69, 9.17) is 0 Å². The fraction of sp³-hybridized carbons (Fsp3) is 0.421. The summed E-state index contributed by atoms with van der Waals surface area (Å²) in [6.45, 7) is 2.54. The molecule has 0 saturated carbocycles. The van der Waals surface area contributed by atoms with Crippen LogP contribution in [-0.2, 0) is 11.3 Å². The SMILES string of the molecule is CCn1ccnc(N2CCC(c3ccc(F)cc3)C(NC(=O)C(F)(F)F)C2)c1=O. The minimum absolute atomic E-state index is 0.0279. The Hall–Kier alpha value is -2.91. The van der Waals surface area contributed by atoms with Crippen molar-refractivity contribution in [2.24, 2.45) is 0 Å². The van der Waals surface area contributed by atoms with Crippen LogP contribution in [0, 0.1) is 5.82 Å². The van der Waals surface area contributed by atoms with Crippen molar-refractivity contribution in [3.05, 3.63) is 58.4 Å². The van der Waals surface area contributed by atoms with Crippen molar-refractivity contribution in [3.8, 4) is 0 Å². The molecule has 1 aliphatic heterocycles. The van der Waals surface area contributed by atoms with Gasteiger partial charge >= 0.3 is 12.1 Å². The van der Waals surface area contributed by atoms with E-state index in [1.54, 1.807) is 11.8 Å². The molecule has 0 radical (unpaired) electrons. The number of hydrogen-bond acceptors (Lipinski definition) is 4. The first-order chi connectivity index (χ1) is 13.7. The summed E-state index contributed by atoms with van der Waals surface area (Å²) in [4.78, 5) is 29.8. The topological polar surface area (TPSA) is 67.2 Å². The van der Waals surface area contributed by atoms with Crippen LogP contribution in [0.15, 0.2) is 41.5 Å². The molecule has 1 saturated heterocycles. The number of anilines is 1. The Balaban J connectivity index is 1.90. The van der Waals surface area contributed by atoms with Crippen LogP contribution in [0.4, 0.5) is 23.4 Å². The molecule has 0 bridgehead atoms. The van der Waals surface area contributed by atoms with E-state index >= 15 is 0 Å². The third kappa shape index (κ3) is 4.57. The highest BCUT2D eigenvalue weighted by molar-refractivity contribution is 5.82. The van der Waals surface area contributed by atoms with Crippen LogP contribution < -0.4 is 15.8 Å². The van der Waals surface area contributed by atoms with Gasteiger partial charge in [-0.2, -0.15) is 13.2 Å². The molecule has 0 aliphatic carbocycles. The van der Waals surface area contributed by atoms with Crippen LogP contribution in [0.1, 0.15) is 24.8 Å². The maximum Gasteiger partial charge on any atom is 0.471 e. The van der Waals surface area contributed by atoms with Gasteiger partial charge in [0.05, 0.1) is 6.04 Å². The number of amides is 1. The smallest absolute Gasteiger partial charge is 0.350 e. The summed E-state index contributed by atoms with van der Waals surface area (Å²) in [7, 11) is 0. The first-order valence-electron chi connectivity index (χ1n) is 9.14. The Kier molecular flexibility index (Phi) is 5.90. The molecule has 3 rings (SSSR count). The third-order valence-electron chi connectivity index (χ3n) is 5.02. The molecule has 1 aliphatic rings. The van der Waals surface area contributed by atoms with Crippen molar-refractivity contribution in [1.82, 2.24) is 14.9 Å². The van der Waals surface area contributed by atoms with Crippen molar-refractivity contribution in [2.75, 3.05) is 18.0 Å². The van der Waals surface area contributed by atoms with Crippen molar-refractivity contribution < 1.29 is 22.4 Å². The van der Waals surface area contributed by atoms with Gasteiger partial charge in [-0.3, -0.25) is 9.59 Å². The van der Waals surface area contributed by atoms with Crippen molar-refractivity contribution in [2.45, 2.75) is 38.0 Å². The summed E-state index contributed by atoms with van der Waals surface area (Å²) in [6.07, 6.45) is -1.69. The van der Waals surface area contributed by atoms with Crippen LogP contribution in [0.3, 0.4) is 0 Å². The van der Waals surface area contributed by atoms with E-state index in [9.17, 15) is 27.2 Å². The van der Waals surface area contributed by atoms with Gasteiger partial charge in [0.15, 0.2) is 5.82 Å². The molecule has 0 spiro atoms. The first-order valence-corrected chi connectivity index (χ1v) is 9.14. The largest absolute Gasteiger partial charge is 0.471 e. The normalized spacial score (nSPS) is 19.8. The number of benzene rings is 1. The fourth-order valence-corrected chi connectivity index (χ4v) is 3.55. The van der Waals surface area contributed by atoms with E-state index in [0.717, 1.165) is 0 Å². The van der Waals surface area contributed by atoms with Gasteiger partial charge in [0, 0.05) is 37.9 Å². The number of rotatable bonds is 4. The molecule has 1 aromatic carbocycles. The highest BCUT2D eigenvalue weighted by atomic mass is 19.4. The molecule has 2 atom stereocenters. The van der Waals surface area contributed by atoms with Crippen LogP contribution in [0.25, 0.3) is 0 Å². The molecule has 29 heavy (non-hydrogen) atoms. The third-order valence-corrected chi connectivity index (χ3v) is 5.02. The van der Waals surface area contributed by atoms with E-state index in [2.05, 4.69) is 4.98 Å². The number of piperidine rings is 1. The summed E-state index contributed by atoms with van der Waals surface area (Å²) in [5.41, 5.74) is 0.265. The fourth-order valence-electron chi connectivity index (χ4n) is 3.55. The highest BCUT2D eigenvalue weighted by Gasteiger charge is 2.42. The second kappa shape index (κ2) is 8.22. The Bertz CT molecular complexity index is 927. The number of carbonyl (C=O) groups excluding carboxylic acids is 1. The monoisotopic (exact) mass is 412 g/mol. The molecule has 2 unspecified atom stereocenters. The number of nitrogens with one attached hydrogen (secondary N) is 1. The number of aromatic nitrogens is 2. The molecule has 1 fully saturated rings. The number of halogens is 4. The minimum Gasteiger partial charge on any atom is -0.350 e. The molecule has 1 aromatic heterocycles. The van der Waals surface area contributed by atoms with Gasteiger partial charge in [-0.15, -0.1) is 0 Å². The maximum atomic E-state index is 13.2. The number of aryl methyl sites for hydroxylation is 1. The molecule has 1 N–H and O–H groups in total. The van der Waals surface area contributed by atoms with Crippen molar-refractivity contribution in [1.29, 1.82) is 0 Å². The predicted octanol–water partition coefficient (Wildman–Crippen LogP) is 2.44. The quantitative estimate of drug-likeness (QED) is 0.784. The van der Waals surface area contributed by atoms with E-state index < -0.39 is 29.9 Å². The lowest BCUT2D eigenvalue weighted by Gasteiger charge is -2.39. The van der Waals surface area contributed by atoms with Gasteiger partial charge < -0.3 is 14.8 Å². The number of alkyl halides is 3. The van der Waals surface area contributed by atoms with Crippen molar-refractivity contribution >= 4 is 11.7 Å².